The van der Waals surface area contributed by atoms with Crippen molar-refractivity contribution in [1.29, 1.82) is 0 Å². The van der Waals surface area contributed by atoms with Crippen LogP contribution in [-0.2, 0) is 0 Å². The van der Waals surface area contributed by atoms with Crippen LogP contribution in [-0.4, -0.2) is 27.7 Å². The fourth-order valence-corrected chi connectivity index (χ4v) is 3.42. The smallest absolute Gasteiger partial charge is 0.263 e. The van der Waals surface area contributed by atoms with Gasteiger partial charge in [-0.1, -0.05) is 29.4 Å². The van der Waals surface area contributed by atoms with Gasteiger partial charge < -0.3 is 9.42 Å². The highest BCUT2D eigenvalue weighted by molar-refractivity contribution is 5.98. The lowest BCUT2D eigenvalue weighted by Gasteiger charge is -2.34. The number of anilines is 1. The zero-order valence-electron chi connectivity index (χ0n) is 13.5. The Bertz CT molecular complexity index is 842. The Morgan fingerprint density at radius 1 is 1.17 bits per heavy atom. The summed E-state index contributed by atoms with van der Waals surface area (Å²) in [7, 11) is 0. The highest BCUT2D eigenvalue weighted by atomic mass is 16.5. The molecule has 5 nitrogen and oxygen atoms in total. The predicted octanol–water partition coefficient (Wildman–Crippen LogP) is 3.97. The largest absolute Gasteiger partial charge is 0.353 e. The van der Waals surface area contributed by atoms with Gasteiger partial charge in [0.05, 0.1) is 0 Å². The lowest BCUT2D eigenvalue weighted by atomic mass is 10.0. The lowest BCUT2D eigenvalue weighted by molar-refractivity contribution is 0.451. The molecule has 118 valence electrons. The molecule has 0 N–H and O–H groups in total. The van der Waals surface area contributed by atoms with E-state index in [-0.39, 0.29) is 0 Å². The van der Waals surface area contributed by atoms with Gasteiger partial charge in [-0.05, 0) is 38.7 Å². The summed E-state index contributed by atoms with van der Waals surface area (Å²) in [5, 5.41) is 5.23. The van der Waals surface area contributed by atoms with Crippen LogP contribution in [0.4, 0.5) is 5.82 Å². The molecule has 1 atom stereocenters. The maximum atomic E-state index is 5.50. The second kappa shape index (κ2) is 5.65. The predicted molar refractivity (Wildman–Crippen MR) is 90.4 cm³/mol. The van der Waals surface area contributed by atoms with Crippen LogP contribution in [0.2, 0.25) is 0 Å². The third-order valence-electron chi connectivity index (χ3n) is 4.73. The maximum Gasteiger partial charge on any atom is 0.263 e. The van der Waals surface area contributed by atoms with Crippen molar-refractivity contribution < 1.29 is 4.52 Å². The standard InChI is InChI=1S/C18H20N4O/c1-12-7-3-4-9-14(12)16-15-17(19-11-20-18(15)23-21-16)22-10-6-5-8-13(22)2/h3-4,7,9,11,13H,5-6,8,10H2,1-2H3/t13-/m0/s1. The molecule has 5 heteroatoms. The Morgan fingerprint density at radius 3 is 2.87 bits per heavy atom. The van der Waals surface area contributed by atoms with E-state index >= 15 is 0 Å². The molecule has 4 rings (SSSR count). The average Bonchev–Trinajstić information content (AvgIpc) is 3.00. The Morgan fingerprint density at radius 2 is 2.04 bits per heavy atom. The summed E-state index contributed by atoms with van der Waals surface area (Å²) >= 11 is 0. The molecule has 0 radical (unpaired) electrons. The van der Waals surface area contributed by atoms with Crippen molar-refractivity contribution >= 4 is 16.9 Å². The van der Waals surface area contributed by atoms with Crippen LogP contribution in [0.3, 0.4) is 0 Å². The number of nitrogens with zero attached hydrogens (tertiary/aromatic N) is 4. The van der Waals surface area contributed by atoms with Gasteiger partial charge in [-0.2, -0.15) is 4.98 Å². The molecule has 0 bridgehead atoms. The molecule has 3 aromatic rings. The van der Waals surface area contributed by atoms with Crippen LogP contribution in [0.15, 0.2) is 35.1 Å². The van der Waals surface area contributed by atoms with E-state index in [0.717, 1.165) is 29.0 Å². The Balaban J connectivity index is 1.92. The van der Waals surface area contributed by atoms with E-state index in [4.69, 9.17) is 4.52 Å². The van der Waals surface area contributed by atoms with E-state index in [1.165, 1.54) is 24.8 Å². The monoisotopic (exact) mass is 308 g/mol. The van der Waals surface area contributed by atoms with Gasteiger partial charge >= 0.3 is 0 Å². The van der Waals surface area contributed by atoms with Crippen LogP contribution in [0.1, 0.15) is 31.7 Å². The molecule has 0 saturated carbocycles. The van der Waals surface area contributed by atoms with Crippen LogP contribution in [0.5, 0.6) is 0 Å². The molecule has 23 heavy (non-hydrogen) atoms. The Labute approximate surface area is 135 Å². The molecule has 2 aromatic heterocycles. The van der Waals surface area contributed by atoms with Crippen LogP contribution < -0.4 is 4.90 Å². The van der Waals surface area contributed by atoms with Crippen molar-refractivity contribution in [3.05, 3.63) is 36.2 Å². The molecule has 1 aliphatic rings. The van der Waals surface area contributed by atoms with Crippen molar-refractivity contribution in [2.24, 2.45) is 0 Å². The van der Waals surface area contributed by atoms with E-state index in [0.29, 0.717) is 11.8 Å². The number of benzene rings is 1. The van der Waals surface area contributed by atoms with E-state index in [9.17, 15) is 0 Å². The highest BCUT2D eigenvalue weighted by Crippen LogP contribution is 2.36. The van der Waals surface area contributed by atoms with E-state index in [1.807, 2.05) is 12.1 Å². The van der Waals surface area contributed by atoms with Crippen LogP contribution >= 0.6 is 0 Å². The number of piperidine rings is 1. The number of aromatic nitrogens is 3. The molecule has 0 spiro atoms. The third kappa shape index (κ3) is 2.36. The molecular formula is C18H20N4O. The minimum absolute atomic E-state index is 0.474. The van der Waals surface area contributed by atoms with E-state index < -0.39 is 0 Å². The Hall–Kier alpha value is -2.43. The van der Waals surface area contributed by atoms with Gasteiger partial charge in [0.15, 0.2) is 0 Å². The van der Waals surface area contributed by atoms with Crippen molar-refractivity contribution in [3.8, 4) is 11.3 Å². The number of aryl methyl sites for hydroxylation is 1. The summed E-state index contributed by atoms with van der Waals surface area (Å²) in [6, 6.07) is 8.69. The van der Waals surface area contributed by atoms with Crippen molar-refractivity contribution in [2.75, 3.05) is 11.4 Å². The lowest BCUT2D eigenvalue weighted by Crippen LogP contribution is -2.38. The van der Waals surface area contributed by atoms with Crippen molar-refractivity contribution in [1.82, 2.24) is 15.1 Å². The second-order valence-corrected chi connectivity index (χ2v) is 6.26. The molecule has 0 amide bonds. The molecule has 1 aliphatic heterocycles. The summed E-state index contributed by atoms with van der Waals surface area (Å²) in [5.74, 6) is 0.946. The topological polar surface area (TPSA) is 55.1 Å². The number of fused-ring (bicyclic) bond motifs is 1. The van der Waals surface area contributed by atoms with Gasteiger partial charge in [0.2, 0.25) is 0 Å². The zero-order valence-corrected chi connectivity index (χ0v) is 13.5. The first kappa shape index (κ1) is 14.2. The average molecular weight is 308 g/mol. The van der Waals surface area contributed by atoms with Gasteiger partial charge in [-0.15, -0.1) is 0 Å². The fourth-order valence-electron chi connectivity index (χ4n) is 3.42. The molecule has 1 aromatic carbocycles. The van der Waals surface area contributed by atoms with Gasteiger partial charge in [-0.25, -0.2) is 4.98 Å². The van der Waals surface area contributed by atoms with Gasteiger partial charge in [0.25, 0.3) is 5.71 Å². The number of rotatable bonds is 2. The summed E-state index contributed by atoms with van der Waals surface area (Å²) in [6.07, 6.45) is 5.24. The summed E-state index contributed by atoms with van der Waals surface area (Å²) in [6.45, 7) is 5.36. The number of hydrogen-bond acceptors (Lipinski definition) is 5. The molecule has 1 saturated heterocycles. The molecule has 0 aliphatic carbocycles. The fraction of sp³-hybridized carbons (Fsp3) is 0.389. The molecule has 0 unspecified atom stereocenters. The molecule has 3 heterocycles. The first-order valence-corrected chi connectivity index (χ1v) is 8.18. The van der Waals surface area contributed by atoms with Gasteiger partial charge in [0.1, 0.15) is 23.2 Å². The van der Waals surface area contributed by atoms with Crippen LogP contribution in [0.25, 0.3) is 22.4 Å². The maximum absolute atomic E-state index is 5.50. The summed E-state index contributed by atoms with van der Waals surface area (Å²) < 4.78 is 5.50. The first-order chi connectivity index (χ1) is 11.3. The summed E-state index contributed by atoms with van der Waals surface area (Å²) in [5.41, 5.74) is 3.65. The minimum atomic E-state index is 0.474. The van der Waals surface area contributed by atoms with Crippen molar-refractivity contribution in [2.45, 2.75) is 39.2 Å². The quantitative estimate of drug-likeness (QED) is 0.717. The van der Waals surface area contributed by atoms with Gasteiger partial charge in [0, 0.05) is 18.2 Å². The van der Waals surface area contributed by atoms with E-state index in [2.05, 4.69) is 46.0 Å². The van der Waals surface area contributed by atoms with E-state index in [1.54, 1.807) is 6.33 Å². The van der Waals surface area contributed by atoms with Gasteiger partial charge in [-0.3, -0.25) is 0 Å². The third-order valence-corrected chi connectivity index (χ3v) is 4.73. The Kier molecular flexibility index (Phi) is 3.48. The van der Waals surface area contributed by atoms with Crippen LogP contribution in [0, 0.1) is 6.92 Å². The minimum Gasteiger partial charge on any atom is -0.353 e. The normalized spacial score (nSPS) is 18.5. The zero-order chi connectivity index (χ0) is 15.8. The SMILES string of the molecule is Cc1ccccc1-c1noc2ncnc(N3CCCC[C@@H]3C)c12. The molecule has 1 fully saturated rings. The number of hydrogen-bond donors (Lipinski definition) is 0. The molecular weight excluding hydrogens is 288 g/mol. The first-order valence-electron chi connectivity index (χ1n) is 8.18. The highest BCUT2D eigenvalue weighted by Gasteiger charge is 2.25. The summed E-state index contributed by atoms with van der Waals surface area (Å²) in [4.78, 5) is 11.2. The second-order valence-electron chi connectivity index (χ2n) is 6.26. The van der Waals surface area contributed by atoms with Crippen molar-refractivity contribution in [3.63, 3.8) is 0 Å².